The topological polar surface area (TPSA) is 23.6 Å². The monoisotopic (exact) mass is 526 g/mol. The molecule has 0 radical (unpaired) electrons. The zero-order valence-electron chi connectivity index (χ0n) is 22.0. The molecule has 0 saturated carbocycles. The molecule has 1 aliphatic heterocycles. The van der Waals surface area contributed by atoms with Gasteiger partial charge in [0.25, 0.3) is 5.91 Å². The number of aryl methyl sites for hydroxylation is 1. The molecule has 0 aliphatic carbocycles. The molecule has 7 heteroatoms. The number of hydrogen-bond donors (Lipinski definition) is 0. The van der Waals surface area contributed by atoms with Crippen molar-refractivity contribution >= 4 is 5.91 Å². The van der Waals surface area contributed by atoms with Crippen LogP contribution in [0.1, 0.15) is 52.4 Å². The van der Waals surface area contributed by atoms with Gasteiger partial charge >= 0.3 is 6.18 Å². The Kier molecular flexibility index (Phi) is 8.56. The average Bonchev–Trinajstić information content (AvgIpc) is 3.25. The summed E-state index contributed by atoms with van der Waals surface area (Å²) in [4.78, 5) is 17.5. The number of amides is 1. The van der Waals surface area contributed by atoms with E-state index in [2.05, 4.69) is 17.0 Å². The second-order valence-corrected chi connectivity index (χ2v) is 10.8. The van der Waals surface area contributed by atoms with Crippen molar-refractivity contribution in [1.29, 1.82) is 0 Å². The van der Waals surface area contributed by atoms with Crippen LogP contribution in [0.3, 0.4) is 0 Å². The molecule has 1 fully saturated rings. The van der Waals surface area contributed by atoms with E-state index in [1.807, 2.05) is 32.9 Å². The first-order valence-corrected chi connectivity index (χ1v) is 13.0. The highest BCUT2D eigenvalue weighted by molar-refractivity contribution is 5.94. The van der Waals surface area contributed by atoms with Crippen LogP contribution in [0.4, 0.5) is 17.6 Å². The van der Waals surface area contributed by atoms with Crippen molar-refractivity contribution in [2.45, 2.75) is 39.4 Å². The van der Waals surface area contributed by atoms with E-state index < -0.39 is 17.6 Å². The van der Waals surface area contributed by atoms with E-state index >= 15 is 0 Å². The molecule has 0 bridgehead atoms. The molecule has 1 aliphatic rings. The van der Waals surface area contributed by atoms with Gasteiger partial charge in [0.1, 0.15) is 5.82 Å². The second kappa shape index (κ2) is 11.7. The van der Waals surface area contributed by atoms with Crippen LogP contribution in [0.5, 0.6) is 0 Å². The largest absolute Gasteiger partial charge is 0.416 e. The maximum absolute atomic E-state index is 13.5. The lowest BCUT2D eigenvalue weighted by Crippen LogP contribution is -2.39. The van der Waals surface area contributed by atoms with E-state index in [1.165, 1.54) is 36.4 Å². The van der Waals surface area contributed by atoms with E-state index in [0.717, 1.165) is 17.2 Å². The number of halogens is 4. The Hall–Kier alpha value is -3.19. The first kappa shape index (κ1) is 27.8. The summed E-state index contributed by atoms with van der Waals surface area (Å²) < 4.78 is 54.1. The quantitative estimate of drug-likeness (QED) is 0.291. The molecule has 1 amide bonds. The van der Waals surface area contributed by atoms with Crippen LogP contribution in [0.2, 0.25) is 0 Å². The zero-order chi connectivity index (χ0) is 27.4. The van der Waals surface area contributed by atoms with E-state index in [1.54, 1.807) is 11.0 Å². The van der Waals surface area contributed by atoms with Crippen LogP contribution in [0.25, 0.3) is 0 Å². The zero-order valence-corrected chi connectivity index (χ0v) is 22.0. The molecule has 3 aromatic rings. The van der Waals surface area contributed by atoms with Gasteiger partial charge in [-0.1, -0.05) is 61.9 Å². The molecule has 1 saturated heterocycles. The minimum atomic E-state index is -4.42. The number of likely N-dealkylation sites (tertiary alicyclic amines) is 1. The van der Waals surface area contributed by atoms with Gasteiger partial charge in [0.2, 0.25) is 0 Å². The third-order valence-electron chi connectivity index (χ3n) is 7.07. The van der Waals surface area contributed by atoms with Crippen molar-refractivity contribution in [3.63, 3.8) is 0 Å². The lowest BCUT2D eigenvalue weighted by atomic mass is 9.87. The molecule has 0 aromatic heterocycles. The minimum Gasteiger partial charge on any atom is -0.338 e. The standard InChI is InChI=1S/C31H34F4N2O/c1-21(2)16-37(30(38)24-10-12-28(32)13-11-24)19-26-18-36(17-23-7-4-6-22(3)14-23)20-29(26)25-8-5-9-27(15-25)31(33,34)35/h4-15,21,26,29H,16-20H2,1-3H3/t26-,29+/m0/s1. The van der Waals surface area contributed by atoms with Crippen molar-refractivity contribution in [1.82, 2.24) is 9.80 Å². The van der Waals surface area contributed by atoms with Gasteiger partial charge in [-0.05, 0) is 60.2 Å². The van der Waals surface area contributed by atoms with Crippen molar-refractivity contribution in [2.24, 2.45) is 11.8 Å². The SMILES string of the molecule is Cc1cccc(CN2C[C@@H](CN(CC(C)C)C(=O)c3ccc(F)cc3)[C@@H](c3cccc(C(F)(F)F)c3)C2)c1. The van der Waals surface area contributed by atoms with Crippen LogP contribution < -0.4 is 0 Å². The van der Waals surface area contributed by atoms with Gasteiger partial charge < -0.3 is 4.90 Å². The van der Waals surface area contributed by atoms with Gasteiger partial charge in [-0.2, -0.15) is 13.2 Å². The fraction of sp³-hybridized carbons (Fsp3) is 0.387. The van der Waals surface area contributed by atoms with Gasteiger partial charge in [0, 0.05) is 44.2 Å². The van der Waals surface area contributed by atoms with E-state index in [4.69, 9.17) is 0 Å². The maximum Gasteiger partial charge on any atom is 0.416 e. The molecule has 0 unspecified atom stereocenters. The number of nitrogens with zero attached hydrogens (tertiary/aromatic N) is 2. The molecule has 3 aromatic carbocycles. The first-order valence-electron chi connectivity index (χ1n) is 13.0. The molecule has 4 rings (SSSR count). The first-order chi connectivity index (χ1) is 18.0. The summed E-state index contributed by atoms with van der Waals surface area (Å²) in [5, 5.41) is 0. The van der Waals surface area contributed by atoms with Crippen LogP contribution >= 0.6 is 0 Å². The molecule has 3 nitrogen and oxygen atoms in total. The average molecular weight is 527 g/mol. The van der Waals surface area contributed by atoms with E-state index in [9.17, 15) is 22.4 Å². The lowest BCUT2D eigenvalue weighted by molar-refractivity contribution is -0.137. The number of rotatable bonds is 8. The lowest BCUT2D eigenvalue weighted by Gasteiger charge is -2.30. The summed E-state index contributed by atoms with van der Waals surface area (Å²) in [6.45, 7) is 8.91. The highest BCUT2D eigenvalue weighted by atomic mass is 19.4. The molecule has 38 heavy (non-hydrogen) atoms. The second-order valence-electron chi connectivity index (χ2n) is 10.8. The third kappa shape index (κ3) is 7.01. The number of carbonyl (C=O) groups excluding carboxylic acids is 1. The summed E-state index contributed by atoms with van der Waals surface area (Å²) in [6, 6.07) is 19.3. The Morgan fingerprint density at radius 3 is 2.37 bits per heavy atom. The van der Waals surface area contributed by atoms with Gasteiger partial charge in [-0.15, -0.1) is 0 Å². The molecule has 202 valence electrons. The van der Waals surface area contributed by atoms with Crippen molar-refractivity contribution in [2.75, 3.05) is 26.2 Å². The summed E-state index contributed by atoms with van der Waals surface area (Å²) in [5.41, 5.74) is 2.68. The maximum atomic E-state index is 13.5. The fourth-order valence-electron chi connectivity index (χ4n) is 5.41. The van der Waals surface area contributed by atoms with Crippen LogP contribution in [0.15, 0.2) is 72.8 Å². The Morgan fingerprint density at radius 1 is 1.00 bits per heavy atom. The molecular weight excluding hydrogens is 492 g/mol. The minimum absolute atomic E-state index is 0.0635. The predicted octanol–water partition coefficient (Wildman–Crippen LogP) is 7.17. The van der Waals surface area contributed by atoms with Crippen molar-refractivity contribution in [3.05, 3.63) is 106 Å². The smallest absolute Gasteiger partial charge is 0.338 e. The highest BCUT2D eigenvalue weighted by Crippen LogP contribution is 2.37. The molecule has 2 atom stereocenters. The number of carbonyl (C=O) groups is 1. The van der Waals surface area contributed by atoms with E-state index in [-0.39, 0.29) is 23.7 Å². The van der Waals surface area contributed by atoms with Crippen LogP contribution in [-0.2, 0) is 12.7 Å². The van der Waals surface area contributed by atoms with Crippen LogP contribution in [0, 0.1) is 24.6 Å². The third-order valence-corrected chi connectivity index (χ3v) is 7.07. The van der Waals surface area contributed by atoms with Gasteiger partial charge in [-0.3, -0.25) is 9.69 Å². The van der Waals surface area contributed by atoms with Crippen molar-refractivity contribution in [3.8, 4) is 0 Å². The Morgan fingerprint density at radius 2 is 1.71 bits per heavy atom. The number of hydrogen-bond acceptors (Lipinski definition) is 2. The van der Waals surface area contributed by atoms with Crippen molar-refractivity contribution < 1.29 is 22.4 Å². The number of alkyl halides is 3. The van der Waals surface area contributed by atoms with Gasteiger partial charge in [0.05, 0.1) is 5.56 Å². The summed E-state index contributed by atoms with van der Waals surface area (Å²) >= 11 is 0. The molecule has 1 heterocycles. The highest BCUT2D eigenvalue weighted by Gasteiger charge is 2.38. The normalized spacial score (nSPS) is 18.2. The summed E-state index contributed by atoms with van der Waals surface area (Å²) in [7, 11) is 0. The number of benzene rings is 3. The van der Waals surface area contributed by atoms with E-state index in [0.29, 0.717) is 43.9 Å². The van der Waals surface area contributed by atoms with Gasteiger partial charge in [0.15, 0.2) is 0 Å². The summed E-state index contributed by atoms with van der Waals surface area (Å²) in [6.07, 6.45) is -4.42. The predicted molar refractivity (Wildman–Crippen MR) is 141 cm³/mol. The van der Waals surface area contributed by atoms with Crippen LogP contribution in [-0.4, -0.2) is 41.9 Å². The Bertz CT molecular complexity index is 1240. The summed E-state index contributed by atoms with van der Waals surface area (Å²) in [5.74, 6) is -0.650. The molecule has 0 N–H and O–H groups in total. The molecular formula is C31H34F4N2O. The Labute approximate surface area is 222 Å². The fourth-order valence-corrected chi connectivity index (χ4v) is 5.41. The Balaban J connectivity index is 1.63. The molecule has 0 spiro atoms. The van der Waals surface area contributed by atoms with Gasteiger partial charge in [-0.25, -0.2) is 4.39 Å².